The molecule has 0 bridgehead atoms. The van der Waals surface area contributed by atoms with E-state index < -0.39 is 23.2 Å². The van der Waals surface area contributed by atoms with Crippen LogP contribution in [0.1, 0.15) is 11.1 Å². The van der Waals surface area contributed by atoms with E-state index in [1.54, 1.807) is 42.5 Å². The van der Waals surface area contributed by atoms with Crippen molar-refractivity contribution >= 4 is 24.0 Å². The quantitative estimate of drug-likeness (QED) is 0.590. The number of aliphatic hydroxyl groups excluding tert-OH is 1. The number of carbonyl (C=O) groups is 3. The van der Waals surface area contributed by atoms with Gasteiger partial charge in [0.1, 0.15) is 11.1 Å². The molecule has 0 aliphatic carbocycles. The number of hydrogen-bond donors (Lipinski definition) is 2. The first-order chi connectivity index (χ1) is 13.4. The Bertz CT molecular complexity index is 937. The first kappa shape index (κ1) is 19.2. The summed E-state index contributed by atoms with van der Waals surface area (Å²) in [5.41, 5.74) is 0.452. The molecule has 7 heteroatoms. The SMILES string of the molecule is COC(=O)C1=C(O)C(=O)N[C@@]1(CN(C=O)c1ccc(C)cc1)c1ccccc1. The number of carbonyl (C=O) groups excluding carboxylic acids is 3. The van der Waals surface area contributed by atoms with Crippen LogP contribution in [0.5, 0.6) is 0 Å². The van der Waals surface area contributed by atoms with Crippen LogP contribution in [0.25, 0.3) is 0 Å². The van der Waals surface area contributed by atoms with Crippen molar-refractivity contribution < 1.29 is 24.2 Å². The summed E-state index contributed by atoms with van der Waals surface area (Å²) in [7, 11) is 1.17. The zero-order valence-electron chi connectivity index (χ0n) is 15.5. The minimum atomic E-state index is -1.46. The number of amides is 2. The van der Waals surface area contributed by atoms with Gasteiger partial charge in [-0.05, 0) is 24.6 Å². The molecule has 0 aromatic heterocycles. The summed E-state index contributed by atoms with van der Waals surface area (Å²) in [5, 5.41) is 13.0. The molecule has 1 aliphatic rings. The molecule has 0 spiro atoms. The van der Waals surface area contributed by atoms with Crippen LogP contribution < -0.4 is 10.2 Å². The van der Waals surface area contributed by atoms with Crippen LogP contribution >= 0.6 is 0 Å². The number of rotatable bonds is 6. The van der Waals surface area contributed by atoms with Crippen molar-refractivity contribution in [1.29, 1.82) is 0 Å². The van der Waals surface area contributed by atoms with Crippen molar-refractivity contribution in [3.05, 3.63) is 77.1 Å². The molecular formula is C21H20N2O5. The highest BCUT2D eigenvalue weighted by Gasteiger charge is 2.51. The zero-order valence-corrected chi connectivity index (χ0v) is 15.5. The van der Waals surface area contributed by atoms with E-state index in [9.17, 15) is 19.5 Å². The molecule has 2 N–H and O–H groups in total. The van der Waals surface area contributed by atoms with Crippen LogP contribution in [-0.2, 0) is 24.7 Å². The molecule has 28 heavy (non-hydrogen) atoms. The lowest BCUT2D eigenvalue weighted by molar-refractivity contribution is -0.137. The number of hydrogen-bond acceptors (Lipinski definition) is 5. The number of benzene rings is 2. The molecule has 3 rings (SSSR count). The summed E-state index contributed by atoms with van der Waals surface area (Å²) in [6.45, 7) is 1.82. The molecule has 0 radical (unpaired) electrons. The molecule has 1 atom stereocenters. The average molecular weight is 380 g/mol. The lowest BCUT2D eigenvalue weighted by Crippen LogP contribution is -2.52. The zero-order chi connectivity index (χ0) is 20.3. The molecule has 7 nitrogen and oxygen atoms in total. The van der Waals surface area contributed by atoms with E-state index in [1.807, 2.05) is 19.1 Å². The molecule has 2 amide bonds. The van der Waals surface area contributed by atoms with E-state index >= 15 is 0 Å². The molecule has 0 unspecified atom stereocenters. The third kappa shape index (κ3) is 3.22. The number of methoxy groups -OCH3 is 1. The van der Waals surface area contributed by atoms with Gasteiger partial charge in [-0.15, -0.1) is 0 Å². The number of esters is 1. The first-order valence-corrected chi connectivity index (χ1v) is 8.61. The van der Waals surface area contributed by atoms with Crippen molar-refractivity contribution in [2.24, 2.45) is 0 Å². The van der Waals surface area contributed by atoms with E-state index in [0.29, 0.717) is 17.7 Å². The van der Waals surface area contributed by atoms with Gasteiger partial charge in [-0.25, -0.2) is 4.79 Å². The maximum Gasteiger partial charge on any atom is 0.340 e. The number of nitrogens with zero attached hydrogens (tertiary/aromatic N) is 1. The van der Waals surface area contributed by atoms with Crippen LogP contribution in [0, 0.1) is 6.92 Å². The number of anilines is 1. The summed E-state index contributed by atoms with van der Waals surface area (Å²) in [6.07, 6.45) is 0.617. The van der Waals surface area contributed by atoms with Gasteiger partial charge in [0.2, 0.25) is 6.41 Å². The van der Waals surface area contributed by atoms with Gasteiger partial charge >= 0.3 is 5.97 Å². The fourth-order valence-corrected chi connectivity index (χ4v) is 3.33. The third-order valence-electron chi connectivity index (χ3n) is 4.76. The van der Waals surface area contributed by atoms with Crippen LogP contribution in [0.2, 0.25) is 0 Å². The Morgan fingerprint density at radius 1 is 1.18 bits per heavy atom. The second kappa shape index (κ2) is 7.56. The van der Waals surface area contributed by atoms with Crippen LogP contribution in [0.15, 0.2) is 65.9 Å². The van der Waals surface area contributed by atoms with E-state index in [1.165, 1.54) is 12.0 Å². The highest BCUT2D eigenvalue weighted by Crippen LogP contribution is 2.38. The van der Waals surface area contributed by atoms with Gasteiger partial charge < -0.3 is 20.1 Å². The van der Waals surface area contributed by atoms with Crippen molar-refractivity contribution in [3.8, 4) is 0 Å². The third-order valence-corrected chi connectivity index (χ3v) is 4.76. The van der Waals surface area contributed by atoms with Gasteiger partial charge in [-0.3, -0.25) is 9.59 Å². The normalized spacial score (nSPS) is 18.6. The average Bonchev–Trinajstić information content (AvgIpc) is 2.98. The summed E-state index contributed by atoms with van der Waals surface area (Å²) >= 11 is 0. The second-order valence-electron chi connectivity index (χ2n) is 6.51. The largest absolute Gasteiger partial charge is 0.503 e. The number of aliphatic hydroxyl groups is 1. The maximum absolute atomic E-state index is 12.5. The molecule has 2 aromatic carbocycles. The van der Waals surface area contributed by atoms with E-state index in [0.717, 1.165) is 5.56 Å². The monoisotopic (exact) mass is 380 g/mol. The second-order valence-corrected chi connectivity index (χ2v) is 6.51. The Morgan fingerprint density at radius 3 is 2.39 bits per heavy atom. The van der Waals surface area contributed by atoms with E-state index in [-0.39, 0.29) is 12.1 Å². The van der Waals surface area contributed by atoms with Crippen molar-refractivity contribution in [3.63, 3.8) is 0 Å². The van der Waals surface area contributed by atoms with Gasteiger partial charge in [-0.1, -0.05) is 48.0 Å². The molecular weight excluding hydrogens is 360 g/mol. The Morgan fingerprint density at radius 2 is 1.82 bits per heavy atom. The highest BCUT2D eigenvalue weighted by molar-refractivity contribution is 6.07. The van der Waals surface area contributed by atoms with Crippen molar-refractivity contribution in [2.75, 3.05) is 18.6 Å². The number of nitrogens with one attached hydrogen (secondary N) is 1. The van der Waals surface area contributed by atoms with Gasteiger partial charge in [0, 0.05) is 5.69 Å². The molecule has 1 heterocycles. The van der Waals surface area contributed by atoms with Crippen molar-refractivity contribution in [1.82, 2.24) is 5.32 Å². The number of ether oxygens (including phenoxy) is 1. The summed E-state index contributed by atoms with van der Waals surface area (Å²) in [5.74, 6) is -2.38. The topological polar surface area (TPSA) is 95.9 Å². The summed E-state index contributed by atoms with van der Waals surface area (Å²) < 4.78 is 4.81. The molecule has 0 saturated carbocycles. The Kier molecular flexibility index (Phi) is 5.17. The molecule has 0 fully saturated rings. The number of aryl methyl sites for hydroxylation is 1. The molecule has 2 aromatic rings. The van der Waals surface area contributed by atoms with Gasteiger partial charge in [0.25, 0.3) is 5.91 Å². The Hall–Kier alpha value is -3.61. The fraction of sp³-hybridized carbons (Fsp3) is 0.190. The van der Waals surface area contributed by atoms with Gasteiger partial charge in [0.05, 0.1) is 13.7 Å². The van der Waals surface area contributed by atoms with E-state index in [4.69, 9.17) is 4.74 Å². The van der Waals surface area contributed by atoms with Gasteiger partial charge in [-0.2, -0.15) is 0 Å². The van der Waals surface area contributed by atoms with Crippen molar-refractivity contribution in [2.45, 2.75) is 12.5 Å². The summed E-state index contributed by atoms with van der Waals surface area (Å²) in [4.78, 5) is 38.0. The smallest absolute Gasteiger partial charge is 0.340 e. The predicted octanol–water partition coefficient (Wildman–Crippen LogP) is 1.97. The van der Waals surface area contributed by atoms with Crippen LogP contribution in [0.3, 0.4) is 0 Å². The Labute approximate surface area is 162 Å². The molecule has 0 saturated heterocycles. The fourth-order valence-electron chi connectivity index (χ4n) is 3.33. The lowest BCUT2D eigenvalue weighted by Gasteiger charge is -2.35. The molecule has 1 aliphatic heterocycles. The minimum Gasteiger partial charge on any atom is -0.503 e. The maximum atomic E-state index is 12.5. The summed E-state index contributed by atoms with van der Waals surface area (Å²) in [6, 6.07) is 15.9. The highest BCUT2D eigenvalue weighted by atomic mass is 16.5. The van der Waals surface area contributed by atoms with Crippen LogP contribution in [-0.4, -0.2) is 37.0 Å². The van der Waals surface area contributed by atoms with Gasteiger partial charge in [0.15, 0.2) is 5.76 Å². The predicted molar refractivity (Wildman–Crippen MR) is 103 cm³/mol. The molecule has 144 valence electrons. The first-order valence-electron chi connectivity index (χ1n) is 8.61. The van der Waals surface area contributed by atoms with Crippen LogP contribution in [0.4, 0.5) is 5.69 Å². The Balaban J connectivity index is 2.15. The standard InChI is InChI=1S/C21H20N2O5/c1-14-8-10-16(11-9-14)23(13-24)12-21(15-6-4-3-5-7-15)17(20(27)28-2)18(25)19(26)22-21/h3-11,13,25H,12H2,1-2H3,(H,22,26)/t21-/m0/s1. The lowest BCUT2D eigenvalue weighted by atomic mass is 9.83. The minimum absolute atomic E-state index is 0.107. The van der Waals surface area contributed by atoms with E-state index in [2.05, 4.69) is 5.32 Å².